The first-order valence-corrected chi connectivity index (χ1v) is 17.5. The topological polar surface area (TPSA) is 43.4 Å². The number of halogens is 1. The number of carbonyl (C=O) groups is 2. The van der Waals surface area contributed by atoms with Crippen LogP contribution in [0.15, 0.2) is 42.0 Å². The number of Topliss-reactive ketones (excluding diaryl/α,β-unsaturated/α-hetero) is 1. The third kappa shape index (κ3) is 4.01. The van der Waals surface area contributed by atoms with Crippen LogP contribution in [-0.4, -0.2) is 18.9 Å². The molecule has 0 bridgehead atoms. The summed E-state index contributed by atoms with van der Waals surface area (Å²) in [4.78, 5) is 27.6. The first-order valence-electron chi connectivity index (χ1n) is 16.4. The van der Waals surface area contributed by atoms with Crippen LogP contribution in [0.3, 0.4) is 0 Å². The van der Waals surface area contributed by atoms with Crippen molar-refractivity contribution in [3.05, 3.63) is 51.1 Å². The van der Waals surface area contributed by atoms with Crippen molar-refractivity contribution in [3.8, 4) is 0 Å². The van der Waals surface area contributed by atoms with Crippen LogP contribution in [0, 0.1) is 60.2 Å². The molecule has 5 aliphatic carbocycles. The van der Waals surface area contributed by atoms with Gasteiger partial charge in [0.1, 0.15) is 0 Å². The fourth-order valence-corrected chi connectivity index (χ4v) is 13.0. The highest BCUT2D eigenvalue weighted by Gasteiger charge is 2.72. The molecule has 6 unspecified atom stereocenters. The minimum absolute atomic E-state index is 0.0270. The molecule has 0 aromatic heterocycles. The van der Waals surface area contributed by atoms with E-state index >= 15 is 0 Å². The molecule has 3 nitrogen and oxygen atoms in total. The van der Waals surface area contributed by atoms with E-state index in [-0.39, 0.29) is 33.0 Å². The van der Waals surface area contributed by atoms with Crippen LogP contribution in [0.4, 0.5) is 0 Å². The van der Waals surface area contributed by atoms with E-state index in [2.05, 4.69) is 101 Å². The lowest BCUT2D eigenvalue weighted by Gasteiger charge is -2.72. The van der Waals surface area contributed by atoms with Gasteiger partial charge in [0, 0.05) is 8.99 Å². The molecule has 6 rings (SSSR count). The average molecular weight is 683 g/mol. The third-order valence-electron chi connectivity index (χ3n) is 14.4. The van der Waals surface area contributed by atoms with Crippen LogP contribution in [0.1, 0.15) is 105 Å². The molecule has 0 heterocycles. The molecule has 1 aromatic rings. The second kappa shape index (κ2) is 10.0. The monoisotopic (exact) mass is 682 g/mol. The van der Waals surface area contributed by atoms with Crippen LogP contribution in [-0.2, 0) is 14.3 Å². The molecule has 0 amide bonds. The lowest BCUT2D eigenvalue weighted by atomic mass is 9.32. The van der Waals surface area contributed by atoms with Gasteiger partial charge >= 0.3 is 5.97 Å². The van der Waals surface area contributed by atoms with Gasteiger partial charge in [-0.05, 0) is 162 Å². The molecule has 0 N–H and O–H groups in total. The van der Waals surface area contributed by atoms with Crippen molar-refractivity contribution in [2.75, 3.05) is 7.11 Å². The summed E-state index contributed by atoms with van der Waals surface area (Å²) in [5.41, 5.74) is 3.05. The SMILES string of the molecule is C=C(C)C1CCC2(C(=O)OC)CC[C@]3(C)C(CCC4[C@@]5(C)C/C(=C\c6cccc(I)c6)C(=O)C(C)(C)C5CC[C@]43C)C12. The summed E-state index contributed by atoms with van der Waals surface area (Å²) in [6.07, 6.45) is 11.7. The van der Waals surface area contributed by atoms with Crippen molar-refractivity contribution in [1.29, 1.82) is 0 Å². The van der Waals surface area contributed by atoms with Crippen molar-refractivity contribution < 1.29 is 14.3 Å². The number of methoxy groups -OCH3 is 1. The van der Waals surface area contributed by atoms with E-state index in [1.165, 1.54) is 22.0 Å². The zero-order valence-electron chi connectivity index (χ0n) is 26.9. The average Bonchev–Trinajstić information content (AvgIpc) is 3.33. The maximum Gasteiger partial charge on any atom is 0.312 e. The summed E-state index contributed by atoms with van der Waals surface area (Å²) in [6.45, 7) is 18.9. The van der Waals surface area contributed by atoms with Crippen LogP contribution in [0.5, 0.6) is 0 Å². The molecule has 0 saturated heterocycles. The minimum Gasteiger partial charge on any atom is -0.469 e. The maximum absolute atomic E-state index is 14.1. The molecule has 0 radical (unpaired) electrons. The number of allylic oxidation sites excluding steroid dienone is 2. The number of hydrogen-bond donors (Lipinski definition) is 0. The molecule has 0 aliphatic heterocycles. The summed E-state index contributed by atoms with van der Waals surface area (Å²) in [7, 11) is 1.59. The van der Waals surface area contributed by atoms with Crippen LogP contribution >= 0.6 is 22.6 Å². The number of ether oxygens (including phenoxy) is 1. The van der Waals surface area contributed by atoms with Gasteiger partial charge in [-0.25, -0.2) is 0 Å². The van der Waals surface area contributed by atoms with E-state index in [4.69, 9.17) is 4.74 Å². The Bertz CT molecular complexity index is 1360. The molecule has 0 spiro atoms. The highest BCUT2D eigenvalue weighted by molar-refractivity contribution is 14.1. The van der Waals surface area contributed by atoms with Gasteiger partial charge in [-0.1, -0.05) is 58.9 Å². The maximum atomic E-state index is 14.1. The first-order chi connectivity index (χ1) is 19.7. The largest absolute Gasteiger partial charge is 0.469 e. The zero-order valence-corrected chi connectivity index (χ0v) is 29.1. The predicted octanol–water partition coefficient (Wildman–Crippen LogP) is 9.68. The van der Waals surface area contributed by atoms with E-state index in [1.54, 1.807) is 7.11 Å². The number of hydrogen-bond acceptors (Lipinski definition) is 3. The Kier molecular flexibility index (Phi) is 7.31. The normalized spacial score (nSPS) is 44.9. The second-order valence-electron chi connectivity index (χ2n) is 16.3. The Morgan fingerprint density at radius 1 is 0.976 bits per heavy atom. The van der Waals surface area contributed by atoms with Crippen LogP contribution in [0.25, 0.3) is 6.08 Å². The Labute approximate surface area is 267 Å². The quantitative estimate of drug-likeness (QED) is 0.138. The minimum atomic E-state index is -0.372. The Morgan fingerprint density at radius 2 is 1.71 bits per heavy atom. The molecule has 9 atom stereocenters. The highest BCUT2D eigenvalue weighted by atomic mass is 127. The first kappa shape index (κ1) is 30.6. The number of esters is 1. The van der Waals surface area contributed by atoms with Crippen molar-refractivity contribution in [1.82, 2.24) is 0 Å². The van der Waals surface area contributed by atoms with Crippen molar-refractivity contribution in [2.45, 2.75) is 99.3 Å². The van der Waals surface area contributed by atoms with Crippen molar-refractivity contribution in [3.63, 3.8) is 0 Å². The fraction of sp³-hybridized carbons (Fsp3) is 0.684. The van der Waals surface area contributed by atoms with Crippen molar-refractivity contribution >= 4 is 40.4 Å². The molecular formula is C38H51IO3. The predicted molar refractivity (Wildman–Crippen MR) is 179 cm³/mol. The standard InChI is InChI=1S/C38H51IO3/c1-23(2)27-14-17-38(33(41)42-8)19-18-36(6)28(31(27)38)12-13-30-35(5)22-25(20-24-10-9-11-26(39)21-24)32(40)34(3,4)29(35)15-16-37(30,36)7/h9-11,20-21,27-31H,1,12-19,22H2,2-8H3/b25-20+/t27?,28?,29?,30?,31?,35-,36+,37+,38?/m0/s1. The molecule has 1 aromatic carbocycles. The van der Waals surface area contributed by atoms with Gasteiger partial charge in [-0.15, -0.1) is 0 Å². The second-order valence-corrected chi connectivity index (χ2v) is 17.5. The summed E-state index contributed by atoms with van der Waals surface area (Å²) in [6, 6.07) is 8.53. The van der Waals surface area contributed by atoms with E-state index in [9.17, 15) is 9.59 Å². The molecule has 42 heavy (non-hydrogen) atoms. The smallest absolute Gasteiger partial charge is 0.312 e. The van der Waals surface area contributed by atoms with E-state index in [0.717, 1.165) is 56.1 Å². The zero-order chi connectivity index (χ0) is 30.5. The molecule has 5 saturated carbocycles. The van der Waals surface area contributed by atoms with E-state index in [0.29, 0.717) is 35.4 Å². The molecule has 228 valence electrons. The van der Waals surface area contributed by atoms with Gasteiger partial charge < -0.3 is 4.74 Å². The van der Waals surface area contributed by atoms with Gasteiger partial charge in [0.2, 0.25) is 0 Å². The molecule has 5 aliphatic rings. The van der Waals surface area contributed by atoms with Gasteiger partial charge in [0.15, 0.2) is 5.78 Å². The van der Waals surface area contributed by atoms with Crippen molar-refractivity contribution in [2.24, 2.45) is 56.7 Å². The summed E-state index contributed by atoms with van der Waals surface area (Å²) < 4.78 is 6.75. The molecule has 5 fully saturated rings. The van der Waals surface area contributed by atoms with Gasteiger partial charge in [-0.3, -0.25) is 9.59 Å². The number of ketones is 1. The van der Waals surface area contributed by atoms with E-state index < -0.39 is 0 Å². The summed E-state index contributed by atoms with van der Waals surface area (Å²) >= 11 is 2.36. The fourth-order valence-electron chi connectivity index (χ4n) is 12.5. The third-order valence-corrected chi connectivity index (χ3v) is 15.1. The van der Waals surface area contributed by atoms with Crippen LogP contribution in [0.2, 0.25) is 0 Å². The van der Waals surface area contributed by atoms with Gasteiger partial charge in [0.25, 0.3) is 0 Å². The Hall–Kier alpha value is -1.43. The number of carbonyl (C=O) groups excluding carboxylic acids is 2. The van der Waals surface area contributed by atoms with Gasteiger partial charge in [-0.2, -0.15) is 0 Å². The molecule has 4 heteroatoms. The number of rotatable bonds is 3. The van der Waals surface area contributed by atoms with Gasteiger partial charge in [0.05, 0.1) is 12.5 Å². The van der Waals surface area contributed by atoms with Crippen LogP contribution < -0.4 is 0 Å². The Balaban J connectivity index is 1.42. The van der Waals surface area contributed by atoms with E-state index in [1.807, 2.05) is 0 Å². The molecular weight excluding hydrogens is 631 g/mol. The highest BCUT2D eigenvalue weighted by Crippen LogP contribution is 2.77. The summed E-state index contributed by atoms with van der Waals surface area (Å²) in [5, 5.41) is 0. The number of fused-ring (bicyclic) bond motifs is 7. The number of benzene rings is 1. The lowest BCUT2D eigenvalue weighted by molar-refractivity contribution is -0.232. The Morgan fingerprint density at radius 3 is 2.38 bits per heavy atom. The lowest BCUT2D eigenvalue weighted by Crippen LogP contribution is -2.67. The summed E-state index contributed by atoms with van der Waals surface area (Å²) in [5.74, 6) is 2.53.